The molecule has 2 N–H and O–H groups in total. The van der Waals surface area contributed by atoms with Crippen molar-refractivity contribution >= 4 is 51.8 Å². The van der Waals surface area contributed by atoms with Crippen molar-refractivity contribution in [1.82, 2.24) is 30.3 Å². The maximum atomic E-state index is 12.9. The molecule has 0 radical (unpaired) electrons. The highest BCUT2D eigenvalue weighted by atomic mass is 32.2. The third kappa shape index (κ3) is 6.52. The SMILES string of the molecule is CCSc1nnc(NC(=O)CSc2nnc(CNC(=O)c3ccccc3OC)n2-c2cccc(C)c2C)s1. The molecule has 10 nitrogen and oxygen atoms in total. The standard InChI is InChI=1S/C25H27N7O3S3/c1-5-36-25-31-29-23(38-25)27-21(33)14-37-24-30-28-20(32(24)18-11-8-9-15(2)16(18)3)13-26-22(34)17-10-6-7-12-19(17)35-4/h6-12H,5,13-14H2,1-4H3,(H,26,34)(H,27,29,33). The molecule has 2 heterocycles. The van der Waals surface area contributed by atoms with Crippen molar-refractivity contribution in [3.05, 3.63) is 65.0 Å². The molecule has 0 fully saturated rings. The van der Waals surface area contributed by atoms with Gasteiger partial charge in [0.05, 0.1) is 30.7 Å². The first-order valence-corrected chi connectivity index (χ1v) is 14.5. The Balaban J connectivity index is 1.53. The van der Waals surface area contributed by atoms with E-state index >= 15 is 0 Å². The molecule has 38 heavy (non-hydrogen) atoms. The Morgan fingerprint density at radius 3 is 2.63 bits per heavy atom. The molecule has 0 atom stereocenters. The predicted molar refractivity (Wildman–Crippen MR) is 151 cm³/mol. The van der Waals surface area contributed by atoms with Crippen molar-refractivity contribution in [2.75, 3.05) is 23.9 Å². The van der Waals surface area contributed by atoms with E-state index in [2.05, 4.69) is 31.0 Å². The fourth-order valence-electron chi connectivity index (χ4n) is 3.54. The summed E-state index contributed by atoms with van der Waals surface area (Å²) < 4.78 is 8.00. The van der Waals surface area contributed by atoms with Crippen molar-refractivity contribution in [2.45, 2.75) is 36.8 Å². The van der Waals surface area contributed by atoms with E-state index in [4.69, 9.17) is 4.74 Å². The summed E-state index contributed by atoms with van der Waals surface area (Å²) in [5.41, 5.74) is 3.46. The normalized spacial score (nSPS) is 10.8. The van der Waals surface area contributed by atoms with Crippen LogP contribution in [0.15, 0.2) is 52.0 Å². The first-order chi connectivity index (χ1) is 18.4. The molecule has 2 aromatic heterocycles. The van der Waals surface area contributed by atoms with Crippen LogP contribution in [0, 0.1) is 13.8 Å². The van der Waals surface area contributed by atoms with E-state index in [0.29, 0.717) is 27.4 Å². The molecule has 2 aromatic carbocycles. The lowest BCUT2D eigenvalue weighted by Crippen LogP contribution is -2.25. The topological polar surface area (TPSA) is 124 Å². The van der Waals surface area contributed by atoms with Crippen molar-refractivity contribution in [1.29, 1.82) is 0 Å². The van der Waals surface area contributed by atoms with Crippen LogP contribution < -0.4 is 15.4 Å². The van der Waals surface area contributed by atoms with Crippen LogP contribution in [0.1, 0.15) is 34.2 Å². The van der Waals surface area contributed by atoms with E-state index in [1.54, 1.807) is 36.0 Å². The molecule has 0 saturated heterocycles. The molecule has 0 bridgehead atoms. The van der Waals surface area contributed by atoms with Gasteiger partial charge in [-0.15, -0.1) is 20.4 Å². The van der Waals surface area contributed by atoms with Gasteiger partial charge in [-0.3, -0.25) is 19.5 Å². The second-order valence-electron chi connectivity index (χ2n) is 7.98. The summed E-state index contributed by atoms with van der Waals surface area (Å²) in [5, 5.41) is 23.5. The van der Waals surface area contributed by atoms with Crippen molar-refractivity contribution < 1.29 is 14.3 Å². The minimum Gasteiger partial charge on any atom is -0.496 e. The van der Waals surface area contributed by atoms with Gasteiger partial charge in [-0.05, 0) is 48.9 Å². The summed E-state index contributed by atoms with van der Waals surface area (Å²) in [5.74, 6) is 1.50. The number of amides is 2. The number of methoxy groups -OCH3 is 1. The molecule has 13 heteroatoms. The number of benzene rings is 2. The molecule has 2 amide bonds. The number of carbonyl (C=O) groups is 2. The quantitative estimate of drug-likeness (QED) is 0.198. The zero-order valence-electron chi connectivity index (χ0n) is 21.3. The zero-order chi connectivity index (χ0) is 27.1. The van der Waals surface area contributed by atoms with Gasteiger partial charge in [0.1, 0.15) is 5.75 Å². The van der Waals surface area contributed by atoms with Crippen LogP contribution in [0.5, 0.6) is 5.75 Å². The maximum Gasteiger partial charge on any atom is 0.255 e. The first kappa shape index (κ1) is 27.6. The van der Waals surface area contributed by atoms with E-state index in [9.17, 15) is 9.59 Å². The van der Waals surface area contributed by atoms with E-state index < -0.39 is 0 Å². The average Bonchev–Trinajstić information content (AvgIpc) is 3.54. The number of carbonyl (C=O) groups excluding carboxylic acids is 2. The second-order valence-corrected chi connectivity index (χ2v) is 11.4. The van der Waals surface area contributed by atoms with Gasteiger partial charge in [-0.25, -0.2) is 0 Å². The number of ether oxygens (including phenoxy) is 1. The van der Waals surface area contributed by atoms with E-state index in [-0.39, 0.29) is 24.1 Å². The van der Waals surface area contributed by atoms with Crippen LogP contribution in [0.25, 0.3) is 5.69 Å². The van der Waals surface area contributed by atoms with E-state index in [0.717, 1.165) is 26.9 Å². The number of anilines is 1. The molecule has 0 unspecified atom stereocenters. The summed E-state index contributed by atoms with van der Waals surface area (Å²) in [6.45, 7) is 6.21. The zero-order valence-corrected chi connectivity index (χ0v) is 23.8. The van der Waals surface area contributed by atoms with Crippen molar-refractivity contribution in [3.63, 3.8) is 0 Å². The van der Waals surface area contributed by atoms with Gasteiger partial charge in [0.25, 0.3) is 5.91 Å². The minimum atomic E-state index is -0.288. The van der Waals surface area contributed by atoms with Crippen LogP contribution in [0.3, 0.4) is 0 Å². The predicted octanol–water partition coefficient (Wildman–Crippen LogP) is 4.52. The van der Waals surface area contributed by atoms with Gasteiger partial charge in [0.15, 0.2) is 15.3 Å². The molecule has 4 rings (SSSR count). The van der Waals surface area contributed by atoms with Gasteiger partial charge in [0, 0.05) is 0 Å². The number of rotatable bonds is 11. The van der Waals surface area contributed by atoms with Crippen LogP contribution in [0.2, 0.25) is 0 Å². The number of hydrogen-bond acceptors (Lipinski definition) is 10. The summed E-state index contributed by atoms with van der Waals surface area (Å²) in [6, 6.07) is 13.0. The monoisotopic (exact) mass is 569 g/mol. The Bertz CT molecular complexity index is 1440. The molecule has 4 aromatic rings. The third-order valence-corrected chi connectivity index (χ3v) is 8.31. The number of nitrogens with one attached hydrogen (secondary N) is 2. The van der Waals surface area contributed by atoms with E-state index in [1.807, 2.05) is 43.5 Å². The largest absolute Gasteiger partial charge is 0.496 e. The maximum absolute atomic E-state index is 12.9. The number of aryl methyl sites for hydroxylation is 1. The number of aromatic nitrogens is 5. The lowest BCUT2D eigenvalue weighted by Gasteiger charge is -2.15. The lowest BCUT2D eigenvalue weighted by atomic mass is 10.1. The Morgan fingerprint density at radius 1 is 1.03 bits per heavy atom. The van der Waals surface area contributed by atoms with Crippen LogP contribution in [0.4, 0.5) is 5.13 Å². The minimum absolute atomic E-state index is 0.104. The Hall–Kier alpha value is -3.42. The molecule has 0 aliphatic heterocycles. The van der Waals surface area contributed by atoms with E-state index in [1.165, 1.54) is 30.2 Å². The van der Waals surface area contributed by atoms with Crippen LogP contribution >= 0.6 is 34.9 Å². The van der Waals surface area contributed by atoms with Crippen molar-refractivity contribution in [2.24, 2.45) is 0 Å². The number of nitrogens with zero attached hydrogens (tertiary/aromatic N) is 5. The van der Waals surface area contributed by atoms with Crippen LogP contribution in [-0.4, -0.2) is 55.4 Å². The molecule has 198 valence electrons. The van der Waals surface area contributed by atoms with Gasteiger partial charge in [-0.1, -0.05) is 66.0 Å². The smallest absolute Gasteiger partial charge is 0.255 e. The Morgan fingerprint density at radius 2 is 1.84 bits per heavy atom. The highest BCUT2D eigenvalue weighted by Gasteiger charge is 2.20. The summed E-state index contributed by atoms with van der Waals surface area (Å²) >= 11 is 4.17. The molecule has 0 aliphatic rings. The van der Waals surface area contributed by atoms with Gasteiger partial charge in [-0.2, -0.15) is 0 Å². The van der Waals surface area contributed by atoms with Crippen LogP contribution in [-0.2, 0) is 11.3 Å². The van der Waals surface area contributed by atoms with Gasteiger partial charge in [0.2, 0.25) is 11.0 Å². The fourth-order valence-corrected chi connectivity index (χ4v) is 5.97. The van der Waals surface area contributed by atoms with Gasteiger partial charge >= 0.3 is 0 Å². The lowest BCUT2D eigenvalue weighted by molar-refractivity contribution is -0.113. The summed E-state index contributed by atoms with van der Waals surface area (Å²) in [7, 11) is 1.52. The fraction of sp³-hybridized carbons (Fsp3) is 0.280. The molecule has 0 aliphatic carbocycles. The molecular formula is C25H27N7O3S3. The number of thioether (sulfide) groups is 2. The average molecular weight is 570 g/mol. The number of para-hydroxylation sites is 1. The molecule has 0 saturated carbocycles. The molecular weight excluding hydrogens is 543 g/mol. The second kappa shape index (κ2) is 12.9. The summed E-state index contributed by atoms with van der Waals surface area (Å²) in [6.07, 6.45) is 0. The first-order valence-electron chi connectivity index (χ1n) is 11.7. The highest BCUT2D eigenvalue weighted by molar-refractivity contribution is 8.01. The third-order valence-electron chi connectivity index (χ3n) is 5.53. The Kier molecular flexibility index (Phi) is 9.37. The Labute approximate surface area is 233 Å². The van der Waals surface area contributed by atoms with Crippen molar-refractivity contribution in [3.8, 4) is 11.4 Å². The molecule has 0 spiro atoms. The summed E-state index contributed by atoms with van der Waals surface area (Å²) in [4.78, 5) is 25.5. The number of hydrogen-bond donors (Lipinski definition) is 2. The van der Waals surface area contributed by atoms with Gasteiger partial charge < -0.3 is 10.1 Å². The highest BCUT2D eigenvalue weighted by Crippen LogP contribution is 2.28.